The molecule has 0 bridgehead atoms. The number of hydrogen-bond acceptors (Lipinski definition) is 5. The number of rotatable bonds is 8. The van der Waals surface area contributed by atoms with Crippen LogP contribution in [0, 0.1) is 0 Å². The van der Waals surface area contributed by atoms with Crippen molar-refractivity contribution in [2.24, 2.45) is 0 Å². The van der Waals surface area contributed by atoms with Crippen molar-refractivity contribution in [2.75, 3.05) is 25.5 Å². The van der Waals surface area contributed by atoms with Crippen LogP contribution in [0.4, 0.5) is 5.82 Å². The van der Waals surface area contributed by atoms with Crippen molar-refractivity contribution in [3.05, 3.63) is 139 Å². The summed E-state index contributed by atoms with van der Waals surface area (Å²) in [5.74, 6) is 0.625. The van der Waals surface area contributed by atoms with Gasteiger partial charge in [-0.2, -0.15) is 0 Å². The number of aromatic nitrogens is 3. The molecule has 2 aromatic heterocycles. The van der Waals surface area contributed by atoms with E-state index in [1.807, 2.05) is 18.2 Å². The lowest BCUT2D eigenvalue weighted by Crippen LogP contribution is -2.51. The van der Waals surface area contributed by atoms with Crippen molar-refractivity contribution in [3.63, 3.8) is 0 Å². The molecule has 0 saturated carbocycles. The van der Waals surface area contributed by atoms with Crippen LogP contribution in [0.5, 0.6) is 0 Å². The van der Waals surface area contributed by atoms with E-state index in [0.29, 0.717) is 13.1 Å². The van der Waals surface area contributed by atoms with E-state index < -0.39 is 5.54 Å². The molecular formula is C34H33N5O2. The number of ether oxygens (including phenoxy) is 1. The van der Waals surface area contributed by atoms with Crippen LogP contribution in [0.1, 0.15) is 23.1 Å². The van der Waals surface area contributed by atoms with E-state index in [1.54, 1.807) is 18.3 Å². The second-order valence-corrected chi connectivity index (χ2v) is 10.3. The van der Waals surface area contributed by atoms with Crippen molar-refractivity contribution in [1.82, 2.24) is 19.4 Å². The number of carbonyl (C=O) groups excluding carboxylic acids is 1. The first-order valence-corrected chi connectivity index (χ1v) is 13.8. The lowest BCUT2D eigenvalue weighted by atomic mass is 9.76. The molecule has 1 saturated heterocycles. The van der Waals surface area contributed by atoms with Gasteiger partial charge in [-0.25, -0.2) is 9.97 Å². The predicted molar refractivity (Wildman–Crippen MR) is 162 cm³/mol. The van der Waals surface area contributed by atoms with Crippen molar-refractivity contribution in [1.29, 1.82) is 0 Å². The molecule has 7 nitrogen and oxygen atoms in total. The fraction of sp³-hybridized carbons (Fsp3) is 0.206. The van der Waals surface area contributed by atoms with E-state index in [-0.39, 0.29) is 18.1 Å². The standard InChI is InChI=1S/C34H33N5O2/c1-3-31(40)38-22-28(21-29(23-38)41-2)37-32-30-19-20-39(33(30)36-24-35-32)34(25-13-7-4-8-14-25,26-15-9-5-10-16-26)27-17-11-6-12-18-27/h3-20,24,28-29H,1,21-23H2,2H3,(H,35,36,37)/t28-,29-/m1/s1. The normalized spacial score (nSPS) is 17.3. The van der Waals surface area contributed by atoms with E-state index in [2.05, 4.69) is 107 Å². The molecule has 5 aromatic rings. The van der Waals surface area contributed by atoms with Gasteiger partial charge in [-0.3, -0.25) is 4.79 Å². The third-order valence-corrected chi connectivity index (χ3v) is 7.99. The summed E-state index contributed by atoms with van der Waals surface area (Å²) in [7, 11) is 1.68. The Morgan fingerprint density at radius 3 is 2.02 bits per heavy atom. The largest absolute Gasteiger partial charge is 0.380 e. The smallest absolute Gasteiger partial charge is 0.246 e. The number of anilines is 1. The molecule has 7 heteroatoms. The summed E-state index contributed by atoms with van der Waals surface area (Å²) in [4.78, 5) is 23.7. The van der Waals surface area contributed by atoms with E-state index in [9.17, 15) is 4.79 Å². The Bertz CT molecular complexity index is 1540. The van der Waals surface area contributed by atoms with Crippen LogP contribution in [0.25, 0.3) is 11.0 Å². The van der Waals surface area contributed by atoms with Crippen molar-refractivity contribution in [3.8, 4) is 0 Å². The Labute approximate surface area is 240 Å². The molecule has 3 aromatic carbocycles. The minimum atomic E-state index is -0.684. The summed E-state index contributed by atoms with van der Waals surface area (Å²) >= 11 is 0. The topological polar surface area (TPSA) is 72.3 Å². The third kappa shape index (κ3) is 4.78. The maximum Gasteiger partial charge on any atom is 0.246 e. The first-order chi connectivity index (χ1) is 20.1. The minimum absolute atomic E-state index is 0.0406. The molecule has 0 aliphatic carbocycles. The molecule has 0 spiro atoms. The van der Waals surface area contributed by atoms with Gasteiger partial charge in [0.05, 0.1) is 11.5 Å². The highest BCUT2D eigenvalue weighted by atomic mass is 16.5. The number of likely N-dealkylation sites (tertiary alicyclic amines) is 1. The van der Waals surface area contributed by atoms with Crippen LogP contribution in [0.3, 0.4) is 0 Å². The summed E-state index contributed by atoms with van der Waals surface area (Å²) < 4.78 is 7.91. The zero-order valence-corrected chi connectivity index (χ0v) is 23.1. The number of fused-ring (bicyclic) bond motifs is 1. The van der Waals surface area contributed by atoms with Gasteiger partial charge in [0.15, 0.2) is 0 Å². The maximum atomic E-state index is 12.5. The number of nitrogens with one attached hydrogen (secondary N) is 1. The van der Waals surface area contributed by atoms with Gasteiger partial charge in [0.1, 0.15) is 23.3 Å². The number of carbonyl (C=O) groups is 1. The second-order valence-electron chi connectivity index (χ2n) is 10.3. The highest BCUT2D eigenvalue weighted by Gasteiger charge is 2.39. The maximum absolute atomic E-state index is 12.5. The number of amides is 1. The Balaban J connectivity index is 1.50. The van der Waals surface area contributed by atoms with Crippen LogP contribution >= 0.6 is 0 Å². The van der Waals surface area contributed by atoms with Gasteiger partial charge in [-0.15, -0.1) is 0 Å². The average Bonchev–Trinajstić information content (AvgIpc) is 3.48. The number of piperidine rings is 1. The van der Waals surface area contributed by atoms with E-state index in [4.69, 9.17) is 9.72 Å². The summed E-state index contributed by atoms with van der Waals surface area (Å²) in [5.41, 5.74) is 3.48. The van der Waals surface area contributed by atoms with Crippen LogP contribution in [-0.2, 0) is 15.1 Å². The Kier molecular flexibility index (Phi) is 7.35. The molecule has 1 aliphatic heterocycles. The molecule has 3 heterocycles. The van der Waals surface area contributed by atoms with Crippen molar-refractivity contribution >= 4 is 22.8 Å². The molecule has 2 atom stereocenters. The molecule has 1 aliphatic rings. The summed E-state index contributed by atoms with van der Waals surface area (Å²) in [6.45, 7) is 4.75. The summed E-state index contributed by atoms with van der Waals surface area (Å²) in [6.07, 6.45) is 5.74. The first-order valence-electron chi connectivity index (χ1n) is 13.8. The molecular weight excluding hydrogens is 510 g/mol. The number of hydrogen-bond donors (Lipinski definition) is 1. The van der Waals surface area contributed by atoms with Crippen LogP contribution in [0.2, 0.25) is 0 Å². The summed E-state index contributed by atoms with van der Waals surface area (Å²) in [5, 5.41) is 4.51. The van der Waals surface area contributed by atoms with Gasteiger partial charge in [-0.1, -0.05) is 97.6 Å². The van der Waals surface area contributed by atoms with Crippen LogP contribution in [-0.4, -0.2) is 57.7 Å². The van der Waals surface area contributed by atoms with E-state index in [0.717, 1.165) is 40.0 Å². The van der Waals surface area contributed by atoms with Crippen LogP contribution < -0.4 is 5.32 Å². The van der Waals surface area contributed by atoms with Crippen molar-refractivity contribution < 1.29 is 9.53 Å². The Morgan fingerprint density at radius 2 is 1.49 bits per heavy atom. The quantitative estimate of drug-likeness (QED) is 0.207. The molecule has 0 radical (unpaired) electrons. The van der Waals surface area contributed by atoms with Crippen LogP contribution in [0.15, 0.2) is 122 Å². The van der Waals surface area contributed by atoms with Crippen molar-refractivity contribution in [2.45, 2.75) is 24.1 Å². The van der Waals surface area contributed by atoms with E-state index in [1.165, 1.54) is 6.08 Å². The first kappa shape index (κ1) is 26.5. The SMILES string of the molecule is C=CC(=O)N1C[C@H](Nc2ncnc3c2ccn3C(c2ccccc2)(c2ccccc2)c2ccccc2)C[C@@H](OC)C1. The molecule has 6 rings (SSSR count). The highest BCUT2D eigenvalue weighted by Crippen LogP contribution is 2.43. The van der Waals surface area contributed by atoms with Gasteiger partial charge in [0.2, 0.25) is 5.91 Å². The zero-order valence-electron chi connectivity index (χ0n) is 23.1. The Morgan fingerprint density at radius 1 is 0.902 bits per heavy atom. The Hall–Kier alpha value is -4.75. The fourth-order valence-electron chi connectivity index (χ4n) is 6.12. The number of nitrogens with zero attached hydrogens (tertiary/aromatic N) is 4. The fourth-order valence-corrected chi connectivity index (χ4v) is 6.12. The molecule has 206 valence electrons. The molecule has 1 N–H and O–H groups in total. The molecule has 1 fully saturated rings. The number of benzene rings is 3. The zero-order chi connectivity index (χ0) is 28.2. The number of methoxy groups -OCH3 is 1. The molecule has 41 heavy (non-hydrogen) atoms. The lowest BCUT2D eigenvalue weighted by Gasteiger charge is -2.38. The third-order valence-electron chi connectivity index (χ3n) is 7.99. The van der Waals surface area contributed by atoms with Gasteiger partial charge in [0, 0.05) is 32.4 Å². The monoisotopic (exact) mass is 543 g/mol. The van der Waals surface area contributed by atoms with Gasteiger partial charge >= 0.3 is 0 Å². The van der Waals surface area contributed by atoms with Gasteiger partial charge in [-0.05, 0) is 35.3 Å². The highest BCUT2D eigenvalue weighted by molar-refractivity contribution is 5.89. The predicted octanol–water partition coefficient (Wildman–Crippen LogP) is 5.49. The molecule has 1 amide bonds. The summed E-state index contributed by atoms with van der Waals surface area (Å²) in [6, 6.07) is 33.7. The van der Waals surface area contributed by atoms with Gasteiger partial charge in [0.25, 0.3) is 0 Å². The molecule has 0 unspecified atom stereocenters. The van der Waals surface area contributed by atoms with E-state index >= 15 is 0 Å². The minimum Gasteiger partial charge on any atom is -0.380 e. The second kappa shape index (κ2) is 11.4. The van der Waals surface area contributed by atoms with Gasteiger partial charge < -0.3 is 19.5 Å². The average molecular weight is 544 g/mol. The lowest BCUT2D eigenvalue weighted by molar-refractivity contribution is -0.129.